The predicted octanol–water partition coefficient (Wildman–Crippen LogP) is 2.56. The van der Waals surface area contributed by atoms with E-state index in [0.717, 1.165) is 31.5 Å². The lowest BCUT2D eigenvalue weighted by Gasteiger charge is -2.28. The first-order valence-corrected chi connectivity index (χ1v) is 6.61. The van der Waals surface area contributed by atoms with Gasteiger partial charge in [-0.1, -0.05) is 0 Å². The van der Waals surface area contributed by atoms with Crippen LogP contribution in [0.25, 0.3) is 0 Å². The fourth-order valence-electron chi connectivity index (χ4n) is 2.48. The number of hydrazine groups is 1. The normalized spacial score (nSPS) is 21.7. The number of halogens is 3. The molecule has 3 N–H and O–H groups in total. The number of nitrogens with zero attached hydrogens (tertiary/aromatic N) is 1. The van der Waals surface area contributed by atoms with E-state index in [1.807, 2.05) is 0 Å². The van der Waals surface area contributed by atoms with Crippen LogP contribution in [0, 0.1) is 0 Å². The molecule has 0 saturated carbocycles. The van der Waals surface area contributed by atoms with E-state index < -0.39 is 17.8 Å². The number of hydrogen-bond acceptors (Lipinski definition) is 4. The molecule has 1 fully saturated rings. The van der Waals surface area contributed by atoms with Crippen LogP contribution in [0.2, 0.25) is 0 Å². The molecule has 2 atom stereocenters. The van der Waals surface area contributed by atoms with Crippen LogP contribution in [0.15, 0.2) is 18.5 Å². The van der Waals surface area contributed by atoms with E-state index in [4.69, 9.17) is 10.6 Å². The molecule has 2 heterocycles. The summed E-state index contributed by atoms with van der Waals surface area (Å²) in [6.45, 7) is 0.654. The van der Waals surface area contributed by atoms with Crippen LogP contribution in [0.5, 0.6) is 0 Å². The number of pyridine rings is 1. The molecule has 2 rings (SSSR count). The summed E-state index contributed by atoms with van der Waals surface area (Å²) in [6.07, 6.45) is 1.16. The zero-order valence-electron chi connectivity index (χ0n) is 11.0. The van der Waals surface area contributed by atoms with Gasteiger partial charge in [0.1, 0.15) is 0 Å². The van der Waals surface area contributed by atoms with Crippen molar-refractivity contribution in [1.82, 2.24) is 10.4 Å². The predicted molar refractivity (Wildman–Crippen MR) is 67.5 cm³/mol. The maximum atomic E-state index is 13.0. The molecule has 0 aliphatic carbocycles. The van der Waals surface area contributed by atoms with Gasteiger partial charge in [-0.25, -0.2) is 0 Å². The number of hydrogen-bond donors (Lipinski definition) is 2. The van der Waals surface area contributed by atoms with Crippen molar-refractivity contribution in [3.05, 3.63) is 29.6 Å². The summed E-state index contributed by atoms with van der Waals surface area (Å²) in [5.74, 6) is 5.43. The topological polar surface area (TPSA) is 60.2 Å². The van der Waals surface area contributed by atoms with Gasteiger partial charge < -0.3 is 4.74 Å². The van der Waals surface area contributed by atoms with Gasteiger partial charge in [-0.3, -0.25) is 16.3 Å². The molecule has 0 radical (unpaired) electrons. The van der Waals surface area contributed by atoms with Crippen molar-refractivity contribution in [2.75, 3.05) is 6.61 Å². The molecule has 1 aromatic rings. The summed E-state index contributed by atoms with van der Waals surface area (Å²) in [5, 5.41) is 0. The Balaban J connectivity index is 2.18. The average Bonchev–Trinajstić information content (AvgIpc) is 2.45. The summed E-state index contributed by atoms with van der Waals surface area (Å²) in [5.41, 5.74) is 1.82. The Morgan fingerprint density at radius 1 is 1.45 bits per heavy atom. The molecule has 7 heteroatoms. The molecular weight excluding hydrogens is 271 g/mol. The van der Waals surface area contributed by atoms with Gasteiger partial charge in [-0.2, -0.15) is 13.2 Å². The van der Waals surface area contributed by atoms with E-state index in [2.05, 4.69) is 10.4 Å². The highest BCUT2D eigenvalue weighted by Crippen LogP contribution is 2.35. The SMILES string of the molecule is NNC(CC1CCCCO1)c1cnccc1C(F)(F)F. The molecule has 0 spiro atoms. The molecule has 0 aromatic carbocycles. The molecule has 112 valence electrons. The third-order valence-electron chi connectivity index (χ3n) is 3.51. The minimum absolute atomic E-state index is 0.0638. The van der Waals surface area contributed by atoms with Crippen LogP contribution in [-0.4, -0.2) is 17.7 Å². The van der Waals surface area contributed by atoms with Gasteiger partial charge in [0.05, 0.1) is 17.7 Å². The summed E-state index contributed by atoms with van der Waals surface area (Å²) < 4.78 is 44.5. The lowest BCUT2D eigenvalue weighted by atomic mass is 9.95. The van der Waals surface area contributed by atoms with Gasteiger partial charge in [0.2, 0.25) is 0 Å². The van der Waals surface area contributed by atoms with Crippen LogP contribution >= 0.6 is 0 Å². The first-order valence-electron chi connectivity index (χ1n) is 6.61. The Morgan fingerprint density at radius 3 is 2.85 bits per heavy atom. The van der Waals surface area contributed by atoms with Crippen molar-refractivity contribution in [3.63, 3.8) is 0 Å². The second kappa shape index (κ2) is 6.51. The van der Waals surface area contributed by atoms with Crippen LogP contribution in [-0.2, 0) is 10.9 Å². The van der Waals surface area contributed by atoms with E-state index in [9.17, 15) is 13.2 Å². The van der Waals surface area contributed by atoms with Crippen LogP contribution in [0.4, 0.5) is 13.2 Å². The molecule has 4 nitrogen and oxygen atoms in total. The van der Waals surface area contributed by atoms with Crippen molar-refractivity contribution in [2.24, 2.45) is 5.84 Å². The summed E-state index contributed by atoms with van der Waals surface area (Å²) in [6, 6.07) is 0.352. The molecule has 2 unspecified atom stereocenters. The maximum Gasteiger partial charge on any atom is 0.416 e. The summed E-state index contributed by atoms with van der Waals surface area (Å²) in [4.78, 5) is 3.78. The molecule has 1 aromatic heterocycles. The van der Waals surface area contributed by atoms with Gasteiger partial charge in [0, 0.05) is 24.6 Å². The second-order valence-electron chi connectivity index (χ2n) is 4.90. The summed E-state index contributed by atoms with van der Waals surface area (Å²) in [7, 11) is 0. The minimum atomic E-state index is -4.42. The number of alkyl halides is 3. The minimum Gasteiger partial charge on any atom is -0.378 e. The maximum absolute atomic E-state index is 13.0. The largest absolute Gasteiger partial charge is 0.416 e. The Kier molecular flexibility index (Phi) is 4.95. The molecule has 20 heavy (non-hydrogen) atoms. The highest BCUT2D eigenvalue weighted by atomic mass is 19.4. The highest BCUT2D eigenvalue weighted by Gasteiger charge is 2.35. The van der Waals surface area contributed by atoms with E-state index in [-0.39, 0.29) is 11.7 Å². The number of nitrogens with one attached hydrogen (secondary N) is 1. The van der Waals surface area contributed by atoms with Crippen LogP contribution in [0.3, 0.4) is 0 Å². The number of nitrogens with two attached hydrogens (primary N) is 1. The van der Waals surface area contributed by atoms with Crippen molar-refractivity contribution in [2.45, 2.75) is 44.0 Å². The fourth-order valence-corrected chi connectivity index (χ4v) is 2.48. The third kappa shape index (κ3) is 3.68. The quantitative estimate of drug-likeness (QED) is 0.660. The molecular formula is C13H18F3N3O. The molecule has 1 saturated heterocycles. The Morgan fingerprint density at radius 2 is 2.25 bits per heavy atom. The van der Waals surface area contributed by atoms with Gasteiger partial charge in [0.15, 0.2) is 0 Å². The van der Waals surface area contributed by atoms with Crippen molar-refractivity contribution >= 4 is 0 Å². The zero-order valence-corrected chi connectivity index (χ0v) is 11.0. The number of aromatic nitrogens is 1. The monoisotopic (exact) mass is 289 g/mol. The first kappa shape index (κ1) is 15.2. The smallest absolute Gasteiger partial charge is 0.378 e. The summed E-state index contributed by atoms with van der Waals surface area (Å²) >= 11 is 0. The van der Waals surface area contributed by atoms with E-state index in [1.165, 1.54) is 6.20 Å². The number of rotatable bonds is 4. The van der Waals surface area contributed by atoms with Crippen molar-refractivity contribution in [1.29, 1.82) is 0 Å². The Bertz CT molecular complexity index is 433. The molecule has 1 aliphatic heterocycles. The highest BCUT2D eigenvalue weighted by molar-refractivity contribution is 5.29. The molecule has 0 amide bonds. The van der Waals surface area contributed by atoms with Gasteiger partial charge >= 0.3 is 6.18 Å². The van der Waals surface area contributed by atoms with Crippen LogP contribution < -0.4 is 11.3 Å². The zero-order chi connectivity index (χ0) is 14.6. The molecule has 0 bridgehead atoms. The fraction of sp³-hybridized carbons (Fsp3) is 0.615. The lowest BCUT2D eigenvalue weighted by Crippen LogP contribution is -2.34. The Hall–Kier alpha value is -1.18. The van der Waals surface area contributed by atoms with Crippen molar-refractivity contribution in [3.8, 4) is 0 Å². The first-order chi connectivity index (χ1) is 9.52. The molecule has 1 aliphatic rings. The van der Waals surface area contributed by atoms with E-state index in [1.54, 1.807) is 0 Å². The standard InChI is InChI=1S/C13H18F3N3O/c14-13(15,16)11-4-5-18-8-10(11)12(19-17)7-9-3-1-2-6-20-9/h4-5,8-9,12,19H,1-3,6-7,17H2. The van der Waals surface area contributed by atoms with E-state index in [0.29, 0.717) is 13.0 Å². The Labute approximate surface area is 115 Å². The second-order valence-corrected chi connectivity index (χ2v) is 4.90. The van der Waals surface area contributed by atoms with Crippen molar-refractivity contribution < 1.29 is 17.9 Å². The van der Waals surface area contributed by atoms with E-state index >= 15 is 0 Å². The van der Waals surface area contributed by atoms with Gasteiger partial charge in [0.25, 0.3) is 0 Å². The lowest BCUT2D eigenvalue weighted by molar-refractivity contribution is -0.138. The van der Waals surface area contributed by atoms with Crippen LogP contribution in [0.1, 0.15) is 42.9 Å². The number of ether oxygens (including phenoxy) is 1. The van der Waals surface area contributed by atoms with Gasteiger partial charge in [-0.15, -0.1) is 0 Å². The third-order valence-corrected chi connectivity index (χ3v) is 3.51. The average molecular weight is 289 g/mol. The van der Waals surface area contributed by atoms with Gasteiger partial charge in [-0.05, 0) is 31.7 Å².